The van der Waals surface area contributed by atoms with Gasteiger partial charge in [0.15, 0.2) is 0 Å². The molecule has 0 aliphatic carbocycles. The summed E-state index contributed by atoms with van der Waals surface area (Å²) in [4.78, 5) is 15.3. The third kappa shape index (κ3) is 1.89. The number of fused-ring (bicyclic) bond motifs is 1. The molecule has 1 aromatic carbocycles. The van der Waals surface area contributed by atoms with E-state index >= 15 is 0 Å². The molecule has 1 fully saturated rings. The van der Waals surface area contributed by atoms with Gasteiger partial charge in [0.25, 0.3) is 5.56 Å². The van der Waals surface area contributed by atoms with Gasteiger partial charge in [0.05, 0.1) is 0 Å². The molecule has 1 saturated heterocycles. The van der Waals surface area contributed by atoms with Gasteiger partial charge in [-0.3, -0.25) is 4.79 Å². The van der Waals surface area contributed by atoms with Crippen LogP contribution >= 0.6 is 7.92 Å². The van der Waals surface area contributed by atoms with Crippen LogP contribution in [0.5, 0.6) is 0 Å². The first kappa shape index (κ1) is 11.9. The molecule has 2 nitrogen and oxygen atoms in total. The summed E-state index contributed by atoms with van der Waals surface area (Å²) in [6.45, 7) is 4.64. The summed E-state index contributed by atoms with van der Waals surface area (Å²) in [7, 11) is -0.208. The van der Waals surface area contributed by atoms with Crippen molar-refractivity contribution in [1.82, 2.24) is 4.98 Å². The van der Waals surface area contributed by atoms with E-state index < -0.39 is 0 Å². The number of nitrogens with one attached hydrogen (secondary N) is 1. The zero-order valence-corrected chi connectivity index (χ0v) is 11.7. The first-order chi connectivity index (χ1) is 8.66. The highest BCUT2D eigenvalue weighted by molar-refractivity contribution is 7.67. The molecule has 3 rings (SSSR count). The minimum Gasteiger partial charge on any atom is -0.322 e. The first-order valence-electron chi connectivity index (χ1n) is 6.57. The Morgan fingerprint density at radius 2 is 1.83 bits per heavy atom. The Kier molecular flexibility index (Phi) is 2.99. The van der Waals surface area contributed by atoms with Crippen molar-refractivity contribution in [2.24, 2.45) is 0 Å². The third-order valence-corrected chi connectivity index (χ3v) is 7.18. The van der Waals surface area contributed by atoms with E-state index in [0.29, 0.717) is 0 Å². The van der Waals surface area contributed by atoms with Crippen molar-refractivity contribution in [3.8, 4) is 0 Å². The summed E-state index contributed by atoms with van der Waals surface area (Å²) >= 11 is 0. The SMILES string of the molecule is C[C@@H]1CC[C@@H](C)P1c1cc2ccccc2c(=O)[nH]1. The third-order valence-electron chi connectivity index (χ3n) is 3.97. The minimum absolute atomic E-state index is 0.0666. The van der Waals surface area contributed by atoms with Gasteiger partial charge in [-0.15, -0.1) is 0 Å². The number of aromatic nitrogens is 1. The van der Waals surface area contributed by atoms with Crippen molar-refractivity contribution in [3.63, 3.8) is 0 Å². The smallest absolute Gasteiger partial charge is 0.256 e. The van der Waals surface area contributed by atoms with Gasteiger partial charge in [0.1, 0.15) is 0 Å². The molecule has 0 amide bonds. The molecule has 1 N–H and O–H groups in total. The summed E-state index contributed by atoms with van der Waals surface area (Å²) in [6.07, 6.45) is 2.59. The van der Waals surface area contributed by atoms with Crippen LogP contribution < -0.4 is 11.0 Å². The predicted molar refractivity (Wildman–Crippen MR) is 79.3 cm³/mol. The second-order valence-corrected chi connectivity index (χ2v) is 8.31. The van der Waals surface area contributed by atoms with E-state index in [-0.39, 0.29) is 13.5 Å². The topological polar surface area (TPSA) is 32.9 Å². The van der Waals surface area contributed by atoms with E-state index in [4.69, 9.17) is 0 Å². The normalized spacial score (nSPS) is 24.8. The Hall–Kier alpha value is -1.14. The molecule has 0 bridgehead atoms. The van der Waals surface area contributed by atoms with Crippen LogP contribution in [0, 0.1) is 0 Å². The maximum absolute atomic E-state index is 12.1. The zero-order chi connectivity index (χ0) is 12.7. The van der Waals surface area contributed by atoms with Gasteiger partial charge in [-0.05, 0) is 41.7 Å². The number of pyridine rings is 1. The van der Waals surface area contributed by atoms with Gasteiger partial charge >= 0.3 is 0 Å². The molecule has 2 heterocycles. The summed E-state index contributed by atoms with van der Waals surface area (Å²) in [5.41, 5.74) is 2.71. The van der Waals surface area contributed by atoms with Gasteiger partial charge in [-0.2, -0.15) is 0 Å². The fourth-order valence-electron chi connectivity index (χ4n) is 3.01. The van der Waals surface area contributed by atoms with Crippen LogP contribution in [0.3, 0.4) is 0 Å². The molecular formula is C15H18NOP. The average molecular weight is 259 g/mol. The zero-order valence-electron chi connectivity index (χ0n) is 10.8. The van der Waals surface area contributed by atoms with Gasteiger partial charge in [-0.1, -0.05) is 40.0 Å². The molecule has 1 aliphatic heterocycles. The Morgan fingerprint density at radius 1 is 1.17 bits per heavy atom. The van der Waals surface area contributed by atoms with E-state index in [2.05, 4.69) is 24.9 Å². The molecular weight excluding hydrogens is 241 g/mol. The molecule has 1 aliphatic rings. The molecule has 18 heavy (non-hydrogen) atoms. The summed E-state index contributed by atoms with van der Waals surface area (Å²) in [5, 5.41) is 1.88. The highest BCUT2D eigenvalue weighted by atomic mass is 31.1. The van der Waals surface area contributed by atoms with Crippen LogP contribution in [-0.2, 0) is 0 Å². The maximum atomic E-state index is 12.1. The lowest BCUT2D eigenvalue weighted by molar-refractivity contribution is 0.777. The number of hydrogen-bond donors (Lipinski definition) is 1. The second-order valence-electron chi connectivity index (χ2n) is 5.25. The van der Waals surface area contributed by atoms with E-state index in [9.17, 15) is 4.79 Å². The van der Waals surface area contributed by atoms with Gasteiger partial charge in [0, 0.05) is 10.8 Å². The number of hydrogen-bond acceptors (Lipinski definition) is 1. The van der Waals surface area contributed by atoms with Gasteiger partial charge in [0.2, 0.25) is 0 Å². The first-order valence-corrected chi connectivity index (χ1v) is 8.05. The number of benzene rings is 1. The Bertz CT molecular complexity index is 624. The van der Waals surface area contributed by atoms with E-state index in [1.54, 1.807) is 0 Å². The quantitative estimate of drug-likeness (QED) is 0.784. The predicted octanol–water partition coefficient (Wildman–Crippen LogP) is 3.21. The minimum atomic E-state index is -0.208. The molecule has 0 saturated carbocycles. The largest absolute Gasteiger partial charge is 0.322 e. The maximum Gasteiger partial charge on any atom is 0.256 e. The number of H-pyrrole nitrogens is 1. The van der Waals surface area contributed by atoms with Crippen molar-refractivity contribution < 1.29 is 0 Å². The lowest BCUT2D eigenvalue weighted by atomic mass is 10.2. The molecule has 0 spiro atoms. The number of aromatic amines is 1. The van der Waals surface area contributed by atoms with Crippen molar-refractivity contribution >= 4 is 24.1 Å². The highest BCUT2D eigenvalue weighted by Crippen LogP contribution is 2.53. The Morgan fingerprint density at radius 3 is 2.56 bits per heavy atom. The van der Waals surface area contributed by atoms with Crippen LogP contribution in [-0.4, -0.2) is 16.3 Å². The molecule has 3 heteroatoms. The van der Waals surface area contributed by atoms with Crippen LogP contribution in [0.25, 0.3) is 10.8 Å². The molecule has 0 radical (unpaired) electrons. The summed E-state index contributed by atoms with van der Waals surface area (Å²) in [5.74, 6) is 0. The lowest BCUT2D eigenvalue weighted by Crippen LogP contribution is -2.22. The molecule has 2 aromatic rings. The fourth-order valence-corrected chi connectivity index (χ4v) is 6.20. The van der Waals surface area contributed by atoms with Crippen LogP contribution in [0.1, 0.15) is 26.7 Å². The van der Waals surface area contributed by atoms with E-state index in [0.717, 1.165) is 22.1 Å². The molecule has 2 atom stereocenters. The average Bonchev–Trinajstić information content (AvgIpc) is 2.69. The van der Waals surface area contributed by atoms with Crippen LogP contribution in [0.2, 0.25) is 0 Å². The fraction of sp³-hybridized carbons (Fsp3) is 0.400. The molecule has 0 unspecified atom stereocenters. The second kappa shape index (κ2) is 4.51. The van der Waals surface area contributed by atoms with Gasteiger partial charge in [-0.25, -0.2) is 0 Å². The van der Waals surface area contributed by atoms with E-state index in [1.807, 2.05) is 24.3 Å². The van der Waals surface area contributed by atoms with Crippen LogP contribution in [0.4, 0.5) is 0 Å². The molecule has 1 aromatic heterocycles. The highest BCUT2D eigenvalue weighted by Gasteiger charge is 2.31. The Balaban J connectivity index is 2.16. The summed E-state index contributed by atoms with van der Waals surface area (Å²) < 4.78 is 0. The van der Waals surface area contributed by atoms with Gasteiger partial charge < -0.3 is 4.98 Å². The number of rotatable bonds is 1. The van der Waals surface area contributed by atoms with Crippen molar-refractivity contribution in [2.45, 2.75) is 38.0 Å². The van der Waals surface area contributed by atoms with Crippen molar-refractivity contribution in [1.29, 1.82) is 0 Å². The summed E-state index contributed by atoms with van der Waals surface area (Å²) in [6, 6.07) is 10.0. The standard InChI is InChI=1S/C15H18NOP/c1-10-7-8-11(2)18(10)14-9-12-5-3-4-6-13(12)15(17)16-14/h3-6,9-11H,7-8H2,1-2H3,(H,16,17)/t10-,11-/m1/s1. The molecule has 94 valence electrons. The van der Waals surface area contributed by atoms with Crippen molar-refractivity contribution in [3.05, 3.63) is 40.7 Å². The lowest BCUT2D eigenvalue weighted by Gasteiger charge is -2.21. The Labute approximate surface area is 108 Å². The van der Waals surface area contributed by atoms with Crippen LogP contribution in [0.15, 0.2) is 35.1 Å². The monoisotopic (exact) mass is 259 g/mol. The van der Waals surface area contributed by atoms with E-state index in [1.165, 1.54) is 18.3 Å². The van der Waals surface area contributed by atoms with Crippen molar-refractivity contribution in [2.75, 3.05) is 0 Å².